The molecule has 0 rings (SSSR count). The van der Waals surface area contributed by atoms with Gasteiger partial charge in [0.25, 0.3) is 0 Å². The Morgan fingerprint density at radius 3 is 1.08 bits per heavy atom. The maximum atomic E-state index is 8.73. The highest BCUT2D eigenvalue weighted by atomic mass is 16.2. The van der Waals surface area contributed by atoms with E-state index in [9.17, 15) is 0 Å². The molecule has 0 aliphatic heterocycles. The number of rotatable bonds is 23. The van der Waals surface area contributed by atoms with E-state index < -0.39 is 0 Å². The van der Waals surface area contributed by atoms with Crippen molar-refractivity contribution in [2.75, 3.05) is 19.7 Å². The third-order valence-electron chi connectivity index (χ3n) is 5.47. The summed E-state index contributed by atoms with van der Waals surface area (Å²) in [4.78, 5) is 0. The Hall–Kier alpha value is -0.0800. The molecule has 0 aromatic carbocycles. The summed E-state index contributed by atoms with van der Waals surface area (Å²) < 4.78 is 0. The summed E-state index contributed by atoms with van der Waals surface area (Å²) in [6.07, 6.45) is 27.5. The molecular formula is C24H51NO. The Balaban J connectivity index is 2.95. The van der Waals surface area contributed by atoms with E-state index in [0.29, 0.717) is 6.61 Å². The van der Waals surface area contributed by atoms with E-state index in [1.54, 1.807) is 0 Å². The van der Waals surface area contributed by atoms with Gasteiger partial charge in [0.05, 0.1) is 0 Å². The molecule has 0 unspecified atom stereocenters. The van der Waals surface area contributed by atoms with E-state index in [1.807, 2.05) is 0 Å². The first kappa shape index (κ1) is 25.9. The number of hydrogen-bond donors (Lipinski definition) is 2. The van der Waals surface area contributed by atoms with Crippen LogP contribution in [0.4, 0.5) is 0 Å². The SMILES string of the molecule is CCCCCCCCCCNCCCCCCCCCCCCCCO. The Morgan fingerprint density at radius 2 is 0.731 bits per heavy atom. The topological polar surface area (TPSA) is 32.3 Å². The molecular weight excluding hydrogens is 318 g/mol. The Morgan fingerprint density at radius 1 is 0.423 bits per heavy atom. The first-order valence-corrected chi connectivity index (χ1v) is 12.2. The van der Waals surface area contributed by atoms with Gasteiger partial charge in [-0.25, -0.2) is 0 Å². The minimum atomic E-state index is 0.370. The molecule has 0 atom stereocenters. The number of aliphatic hydroxyl groups excluding tert-OH is 1. The van der Waals surface area contributed by atoms with E-state index in [1.165, 1.54) is 135 Å². The van der Waals surface area contributed by atoms with Gasteiger partial charge in [0.1, 0.15) is 0 Å². The van der Waals surface area contributed by atoms with Crippen LogP contribution in [-0.2, 0) is 0 Å². The number of aliphatic hydroxyl groups is 1. The Kier molecular flexibility index (Phi) is 24.8. The fourth-order valence-corrected chi connectivity index (χ4v) is 3.64. The van der Waals surface area contributed by atoms with Crippen molar-refractivity contribution in [2.45, 2.75) is 135 Å². The lowest BCUT2D eigenvalue weighted by Gasteiger charge is -2.05. The van der Waals surface area contributed by atoms with E-state index in [0.717, 1.165) is 6.42 Å². The predicted octanol–water partition coefficient (Wildman–Crippen LogP) is 7.39. The van der Waals surface area contributed by atoms with Crippen LogP contribution in [0.2, 0.25) is 0 Å². The highest BCUT2D eigenvalue weighted by Gasteiger charge is 1.95. The van der Waals surface area contributed by atoms with Gasteiger partial charge in [-0.15, -0.1) is 0 Å². The van der Waals surface area contributed by atoms with Crippen molar-refractivity contribution in [3.05, 3.63) is 0 Å². The summed E-state index contributed by atoms with van der Waals surface area (Å²) in [5.41, 5.74) is 0. The second-order valence-corrected chi connectivity index (χ2v) is 8.19. The van der Waals surface area contributed by atoms with Crippen LogP contribution in [0, 0.1) is 0 Å². The van der Waals surface area contributed by atoms with Gasteiger partial charge in [0.2, 0.25) is 0 Å². The molecule has 0 aromatic rings. The molecule has 0 aliphatic rings. The molecule has 2 heteroatoms. The van der Waals surface area contributed by atoms with Crippen molar-refractivity contribution >= 4 is 0 Å². The van der Waals surface area contributed by atoms with Crippen molar-refractivity contribution in [1.82, 2.24) is 5.32 Å². The molecule has 0 aliphatic carbocycles. The largest absolute Gasteiger partial charge is 0.396 e. The third kappa shape index (κ3) is 23.9. The lowest BCUT2D eigenvalue weighted by atomic mass is 10.1. The maximum Gasteiger partial charge on any atom is 0.0431 e. The van der Waals surface area contributed by atoms with Crippen molar-refractivity contribution in [1.29, 1.82) is 0 Å². The lowest BCUT2D eigenvalue weighted by Crippen LogP contribution is -2.16. The van der Waals surface area contributed by atoms with E-state index in [2.05, 4.69) is 12.2 Å². The standard InChI is InChI=1S/C24H51NO/c1-2-3-4-5-6-13-16-19-22-25-23-20-17-14-11-9-7-8-10-12-15-18-21-24-26/h25-26H,2-24H2,1H3. The van der Waals surface area contributed by atoms with E-state index >= 15 is 0 Å². The predicted molar refractivity (Wildman–Crippen MR) is 118 cm³/mol. The number of hydrogen-bond acceptors (Lipinski definition) is 2. The van der Waals surface area contributed by atoms with E-state index in [-0.39, 0.29) is 0 Å². The first-order chi connectivity index (χ1) is 12.9. The highest BCUT2D eigenvalue weighted by Crippen LogP contribution is 2.12. The molecule has 26 heavy (non-hydrogen) atoms. The minimum absolute atomic E-state index is 0.370. The summed E-state index contributed by atoms with van der Waals surface area (Å²) in [5.74, 6) is 0. The van der Waals surface area contributed by atoms with Crippen molar-refractivity contribution < 1.29 is 5.11 Å². The molecule has 0 fully saturated rings. The monoisotopic (exact) mass is 369 g/mol. The van der Waals surface area contributed by atoms with Gasteiger partial charge in [0, 0.05) is 6.61 Å². The van der Waals surface area contributed by atoms with Gasteiger partial charge in [-0.3, -0.25) is 0 Å². The van der Waals surface area contributed by atoms with Crippen molar-refractivity contribution in [3.63, 3.8) is 0 Å². The molecule has 2 N–H and O–H groups in total. The molecule has 2 nitrogen and oxygen atoms in total. The summed E-state index contributed by atoms with van der Waals surface area (Å²) in [6.45, 7) is 5.11. The summed E-state index contributed by atoms with van der Waals surface area (Å²) in [5, 5.41) is 12.3. The number of nitrogens with one attached hydrogen (secondary N) is 1. The van der Waals surface area contributed by atoms with Gasteiger partial charge >= 0.3 is 0 Å². The molecule has 0 amide bonds. The molecule has 158 valence electrons. The molecule has 0 spiro atoms. The van der Waals surface area contributed by atoms with E-state index in [4.69, 9.17) is 5.11 Å². The van der Waals surface area contributed by atoms with Gasteiger partial charge < -0.3 is 10.4 Å². The molecule has 0 saturated heterocycles. The zero-order valence-electron chi connectivity index (χ0n) is 18.2. The second-order valence-electron chi connectivity index (χ2n) is 8.19. The molecule has 0 heterocycles. The second kappa shape index (κ2) is 24.9. The van der Waals surface area contributed by atoms with Crippen LogP contribution in [0.1, 0.15) is 135 Å². The van der Waals surface area contributed by atoms with Crippen LogP contribution in [0.15, 0.2) is 0 Å². The minimum Gasteiger partial charge on any atom is -0.396 e. The number of unbranched alkanes of at least 4 members (excludes halogenated alkanes) is 18. The van der Waals surface area contributed by atoms with Gasteiger partial charge in [-0.1, -0.05) is 116 Å². The average molecular weight is 370 g/mol. The molecule has 0 radical (unpaired) electrons. The van der Waals surface area contributed by atoms with Crippen LogP contribution in [0.5, 0.6) is 0 Å². The van der Waals surface area contributed by atoms with Crippen molar-refractivity contribution in [2.24, 2.45) is 0 Å². The average Bonchev–Trinajstić information content (AvgIpc) is 2.66. The summed E-state index contributed by atoms with van der Waals surface area (Å²) in [6, 6.07) is 0. The van der Waals surface area contributed by atoms with Gasteiger partial charge in [0.15, 0.2) is 0 Å². The smallest absolute Gasteiger partial charge is 0.0431 e. The van der Waals surface area contributed by atoms with Crippen LogP contribution in [0.25, 0.3) is 0 Å². The normalized spacial score (nSPS) is 11.3. The molecule has 0 aromatic heterocycles. The van der Waals surface area contributed by atoms with Crippen LogP contribution in [0.3, 0.4) is 0 Å². The summed E-state index contributed by atoms with van der Waals surface area (Å²) >= 11 is 0. The fourth-order valence-electron chi connectivity index (χ4n) is 3.64. The maximum absolute atomic E-state index is 8.73. The highest BCUT2D eigenvalue weighted by molar-refractivity contribution is 4.53. The zero-order valence-corrected chi connectivity index (χ0v) is 18.2. The van der Waals surface area contributed by atoms with Crippen molar-refractivity contribution in [3.8, 4) is 0 Å². The van der Waals surface area contributed by atoms with Crippen LogP contribution in [-0.4, -0.2) is 24.8 Å². The van der Waals surface area contributed by atoms with Gasteiger partial charge in [-0.05, 0) is 32.4 Å². The van der Waals surface area contributed by atoms with Crippen LogP contribution < -0.4 is 5.32 Å². The van der Waals surface area contributed by atoms with Crippen LogP contribution >= 0.6 is 0 Å². The lowest BCUT2D eigenvalue weighted by molar-refractivity contribution is 0.282. The quantitative estimate of drug-likeness (QED) is 0.184. The zero-order chi connectivity index (χ0) is 19.0. The molecule has 0 bridgehead atoms. The fraction of sp³-hybridized carbons (Fsp3) is 1.00. The third-order valence-corrected chi connectivity index (χ3v) is 5.47. The summed E-state index contributed by atoms with van der Waals surface area (Å²) in [7, 11) is 0. The first-order valence-electron chi connectivity index (χ1n) is 12.2. The Bertz CT molecular complexity index is 208. The Labute approximate surface area is 165 Å². The van der Waals surface area contributed by atoms with Gasteiger partial charge in [-0.2, -0.15) is 0 Å². The molecule has 0 saturated carbocycles.